The second-order valence-electron chi connectivity index (χ2n) is 5.39. The van der Waals surface area contributed by atoms with Crippen molar-refractivity contribution in [2.24, 2.45) is 5.41 Å². The highest BCUT2D eigenvalue weighted by Crippen LogP contribution is 2.25. The van der Waals surface area contributed by atoms with E-state index in [1.54, 1.807) is 18.2 Å². The molecule has 96 valence electrons. The fraction of sp³-hybridized carbons (Fsp3) is 0.571. The van der Waals surface area contributed by atoms with E-state index < -0.39 is 0 Å². The van der Waals surface area contributed by atoms with Gasteiger partial charge in [-0.05, 0) is 30.0 Å². The van der Waals surface area contributed by atoms with Gasteiger partial charge in [0.05, 0.1) is 5.02 Å². The molecule has 0 bridgehead atoms. The molecule has 1 aromatic carbocycles. The van der Waals surface area contributed by atoms with Gasteiger partial charge in [-0.25, -0.2) is 4.39 Å². The van der Waals surface area contributed by atoms with E-state index >= 15 is 0 Å². The second kappa shape index (κ2) is 5.83. The van der Waals surface area contributed by atoms with Crippen molar-refractivity contribution in [1.29, 1.82) is 0 Å². The summed E-state index contributed by atoms with van der Waals surface area (Å²) in [5, 5.41) is 3.61. The summed E-state index contributed by atoms with van der Waals surface area (Å²) in [6.45, 7) is 9.41. The van der Waals surface area contributed by atoms with E-state index in [1.807, 2.05) is 0 Å². The number of hydrogen-bond donors (Lipinski definition) is 1. The van der Waals surface area contributed by atoms with Crippen molar-refractivity contribution in [2.45, 2.75) is 40.2 Å². The molecule has 1 unspecified atom stereocenters. The van der Waals surface area contributed by atoms with E-state index in [0.717, 1.165) is 6.54 Å². The Labute approximate surface area is 108 Å². The van der Waals surface area contributed by atoms with Gasteiger partial charge in [0.2, 0.25) is 0 Å². The van der Waals surface area contributed by atoms with Gasteiger partial charge in [-0.2, -0.15) is 0 Å². The molecule has 3 heteroatoms. The van der Waals surface area contributed by atoms with E-state index in [-0.39, 0.29) is 22.3 Å². The van der Waals surface area contributed by atoms with Crippen LogP contribution in [0.3, 0.4) is 0 Å². The smallest absolute Gasteiger partial charge is 0.145 e. The maximum Gasteiger partial charge on any atom is 0.145 e. The van der Waals surface area contributed by atoms with Gasteiger partial charge in [0.25, 0.3) is 0 Å². The maximum atomic E-state index is 13.8. The first-order chi connectivity index (χ1) is 7.86. The first kappa shape index (κ1) is 14.5. The predicted molar refractivity (Wildman–Crippen MR) is 72.0 cm³/mol. The Kier molecular flexibility index (Phi) is 4.96. The van der Waals surface area contributed by atoms with Crippen LogP contribution in [0.1, 0.15) is 33.3 Å². The lowest BCUT2D eigenvalue weighted by atomic mass is 9.83. The van der Waals surface area contributed by atoms with Crippen molar-refractivity contribution in [3.05, 3.63) is 34.6 Å². The lowest BCUT2D eigenvalue weighted by Crippen LogP contribution is -2.42. The van der Waals surface area contributed by atoms with E-state index in [0.29, 0.717) is 12.0 Å². The molecule has 0 amide bonds. The lowest BCUT2D eigenvalue weighted by Gasteiger charge is -2.31. The summed E-state index contributed by atoms with van der Waals surface area (Å²) in [5.41, 5.74) is 0.767. The fourth-order valence-corrected chi connectivity index (χ4v) is 2.05. The molecule has 1 N–H and O–H groups in total. The van der Waals surface area contributed by atoms with Crippen LogP contribution in [0.25, 0.3) is 0 Å². The van der Waals surface area contributed by atoms with Crippen LogP contribution < -0.4 is 5.32 Å². The van der Waals surface area contributed by atoms with Crippen molar-refractivity contribution in [3.63, 3.8) is 0 Å². The molecule has 0 aliphatic rings. The van der Waals surface area contributed by atoms with Gasteiger partial charge in [0, 0.05) is 6.04 Å². The molecule has 0 aliphatic carbocycles. The molecule has 17 heavy (non-hydrogen) atoms. The van der Waals surface area contributed by atoms with Gasteiger partial charge in [-0.15, -0.1) is 0 Å². The summed E-state index contributed by atoms with van der Waals surface area (Å²) in [7, 11) is 0. The topological polar surface area (TPSA) is 12.0 Å². The van der Waals surface area contributed by atoms with E-state index in [9.17, 15) is 4.39 Å². The van der Waals surface area contributed by atoms with E-state index in [2.05, 4.69) is 33.0 Å². The Bertz CT molecular complexity index is 371. The largest absolute Gasteiger partial charge is 0.313 e. The molecule has 0 aliphatic heterocycles. The molecule has 0 saturated carbocycles. The molecule has 0 aromatic heterocycles. The number of halogens is 2. The zero-order valence-corrected chi connectivity index (χ0v) is 11.7. The van der Waals surface area contributed by atoms with E-state index in [4.69, 9.17) is 11.6 Å². The van der Waals surface area contributed by atoms with Gasteiger partial charge in [0.1, 0.15) is 5.82 Å². The lowest BCUT2D eigenvalue weighted by molar-refractivity contribution is 0.268. The van der Waals surface area contributed by atoms with Crippen LogP contribution in [0.2, 0.25) is 5.02 Å². The third-order valence-corrected chi connectivity index (χ3v) is 3.24. The Morgan fingerprint density at radius 2 is 2.00 bits per heavy atom. The molecule has 0 heterocycles. The molecule has 1 aromatic rings. The van der Waals surface area contributed by atoms with Crippen molar-refractivity contribution in [2.75, 3.05) is 6.54 Å². The summed E-state index contributed by atoms with van der Waals surface area (Å²) in [6, 6.07) is 5.42. The van der Waals surface area contributed by atoms with Crippen LogP contribution >= 0.6 is 11.6 Å². The molecule has 0 radical (unpaired) electrons. The van der Waals surface area contributed by atoms with Gasteiger partial charge in [-0.1, -0.05) is 51.4 Å². The van der Waals surface area contributed by atoms with Crippen LogP contribution in [0, 0.1) is 11.2 Å². The second-order valence-corrected chi connectivity index (χ2v) is 5.80. The van der Waals surface area contributed by atoms with Crippen molar-refractivity contribution in [3.8, 4) is 0 Å². The first-order valence-corrected chi connectivity index (χ1v) is 6.40. The third-order valence-electron chi connectivity index (χ3n) is 2.95. The van der Waals surface area contributed by atoms with Gasteiger partial charge < -0.3 is 5.32 Å². The Balaban J connectivity index is 2.90. The van der Waals surface area contributed by atoms with Crippen molar-refractivity contribution < 1.29 is 4.39 Å². The highest BCUT2D eigenvalue weighted by atomic mass is 35.5. The number of hydrogen-bond acceptors (Lipinski definition) is 1. The van der Waals surface area contributed by atoms with Crippen LogP contribution in [0.4, 0.5) is 4.39 Å². The SMILES string of the molecule is CCNC(Cc1cccc(Cl)c1F)C(C)(C)C. The Morgan fingerprint density at radius 1 is 1.35 bits per heavy atom. The molecule has 0 spiro atoms. The molecule has 0 fully saturated rings. The highest BCUT2D eigenvalue weighted by Gasteiger charge is 2.25. The van der Waals surface area contributed by atoms with Crippen molar-refractivity contribution >= 4 is 11.6 Å². The molecular weight excluding hydrogens is 237 g/mol. The Morgan fingerprint density at radius 3 is 2.53 bits per heavy atom. The average Bonchev–Trinajstić information content (AvgIpc) is 2.22. The quantitative estimate of drug-likeness (QED) is 0.858. The van der Waals surface area contributed by atoms with E-state index in [1.165, 1.54) is 0 Å². The van der Waals surface area contributed by atoms with Crippen LogP contribution in [-0.2, 0) is 6.42 Å². The van der Waals surface area contributed by atoms with Crippen LogP contribution in [-0.4, -0.2) is 12.6 Å². The minimum Gasteiger partial charge on any atom is -0.313 e. The fourth-order valence-electron chi connectivity index (χ4n) is 1.86. The molecule has 1 rings (SSSR count). The highest BCUT2D eigenvalue weighted by molar-refractivity contribution is 6.30. The summed E-state index contributed by atoms with van der Waals surface area (Å²) in [6.07, 6.45) is 0.656. The average molecular weight is 258 g/mol. The van der Waals surface area contributed by atoms with Gasteiger partial charge >= 0.3 is 0 Å². The zero-order valence-electron chi connectivity index (χ0n) is 11.0. The molecule has 0 saturated heterocycles. The minimum atomic E-state index is -0.290. The molecule has 1 nitrogen and oxygen atoms in total. The van der Waals surface area contributed by atoms with Crippen LogP contribution in [0.5, 0.6) is 0 Å². The third kappa shape index (κ3) is 3.97. The molecule has 1 atom stereocenters. The summed E-state index contributed by atoms with van der Waals surface area (Å²) < 4.78 is 13.8. The summed E-state index contributed by atoms with van der Waals surface area (Å²) in [5.74, 6) is -0.290. The molecular formula is C14H21ClFN. The van der Waals surface area contributed by atoms with Crippen molar-refractivity contribution in [1.82, 2.24) is 5.32 Å². The summed E-state index contributed by atoms with van der Waals surface area (Å²) >= 11 is 5.79. The number of nitrogens with one attached hydrogen (secondary N) is 1. The minimum absolute atomic E-state index is 0.0881. The normalized spacial score (nSPS) is 13.8. The predicted octanol–water partition coefficient (Wildman–Crippen LogP) is 4.05. The zero-order chi connectivity index (χ0) is 13.1. The van der Waals surface area contributed by atoms with Gasteiger partial charge in [0.15, 0.2) is 0 Å². The van der Waals surface area contributed by atoms with Crippen LogP contribution in [0.15, 0.2) is 18.2 Å². The Hall–Kier alpha value is -0.600. The summed E-state index contributed by atoms with van der Waals surface area (Å²) in [4.78, 5) is 0. The number of benzene rings is 1. The number of rotatable bonds is 4. The van der Waals surface area contributed by atoms with Gasteiger partial charge in [-0.3, -0.25) is 0 Å². The monoisotopic (exact) mass is 257 g/mol. The first-order valence-electron chi connectivity index (χ1n) is 6.02. The number of likely N-dealkylation sites (N-methyl/N-ethyl adjacent to an activating group) is 1. The maximum absolute atomic E-state index is 13.8. The standard InChI is InChI=1S/C14H21ClFN/c1-5-17-12(14(2,3)4)9-10-7-6-8-11(15)13(10)16/h6-8,12,17H,5,9H2,1-4H3.